The van der Waals surface area contributed by atoms with Gasteiger partial charge in [0.2, 0.25) is 0 Å². The average Bonchev–Trinajstić information content (AvgIpc) is 2.10. The molecule has 1 aliphatic carbocycles. The van der Waals surface area contributed by atoms with E-state index >= 15 is 0 Å². The largest absolute Gasteiger partial charge is 0.465 e. The maximum atomic E-state index is 11.8. The van der Waals surface area contributed by atoms with E-state index in [-0.39, 0.29) is 17.7 Å². The van der Waals surface area contributed by atoms with E-state index in [0.717, 1.165) is 19.3 Å². The van der Waals surface area contributed by atoms with Gasteiger partial charge < -0.3 is 4.74 Å². The Bertz CT molecular complexity index is 275. The first kappa shape index (κ1) is 13.2. The molecule has 1 rings (SSSR count). The van der Waals surface area contributed by atoms with Crippen molar-refractivity contribution in [2.24, 2.45) is 17.3 Å². The van der Waals surface area contributed by atoms with Crippen LogP contribution in [0.3, 0.4) is 0 Å². The van der Waals surface area contributed by atoms with Crippen LogP contribution in [0.1, 0.15) is 47.0 Å². The zero-order chi connectivity index (χ0) is 12.3. The predicted molar refractivity (Wildman–Crippen MR) is 61.9 cm³/mol. The molecule has 16 heavy (non-hydrogen) atoms. The Balaban J connectivity index is 2.46. The summed E-state index contributed by atoms with van der Waals surface area (Å²) in [7, 11) is 0. The van der Waals surface area contributed by atoms with Gasteiger partial charge in [-0.3, -0.25) is 9.59 Å². The van der Waals surface area contributed by atoms with Crippen LogP contribution in [0.2, 0.25) is 0 Å². The Morgan fingerprint density at radius 3 is 2.31 bits per heavy atom. The molecule has 0 heterocycles. The molecule has 0 aliphatic heterocycles. The minimum Gasteiger partial charge on any atom is -0.465 e. The normalized spacial score (nSPS) is 24.8. The summed E-state index contributed by atoms with van der Waals surface area (Å²) in [5.74, 6) is 0.587. The van der Waals surface area contributed by atoms with Crippen molar-refractivity contribution >= 4 is 11.8 Å². The van der Waals surface area contributed by atoms with Crippen molar-refractivity contribution in [3.8, 4) is 0 Å². The molecule has 0 amide bonds. The van der Waals surface area contributed by atoms with Crippen LogP contribution in [0.25, 0.3) is 0 Å². The molecule has 0 spiro atoms. The standard InChI is InChI=1S/C13H22O3/c1-5-6-16-12(15)13(3,4)11-7-10(8-11)9(2)14/h10-11H,5-8H2,1-4H3. The van der Waals surface area contributed by atoms with E-state index in [1.807, 2.05) is 20.8 Å². The molecule has 0 aromatic heterocycles. The van der Waals surface area contributed by atoms with Crippen molar-refractivity contribution in [1.82, 2.24) is 0 Å². The molecule has 1 saturated carbocycles. The second-order valence-electron chi connectivity index (χ2n) is 5.33. The molecule has 1 aliphatic rings. The van der Waals surface area contributed by atoms with Crippen LogP contribution in [-0.4, -0.2) is 18.4 Å². The van der Waals surface area contributed by atoms with Crippen LogP contribution in [0.4, 0.5) is 0 Å². The molecule has 0 N–H and O–H groups in total. The zero-order valence-electron chi connectivity index (χ0n) is 10.7. The molecule has 0 unspecified atom stereocenters. The highest BCUT2D eigenvalue weighted by Gasteiger charge is 2.46. The summed E-state index contributed by atoms with van der Waals surface area (Å²) < 4.78 is 5.18. The van der Waals surface area contributed by atoms with E-state index in [0.29, 0.717) is 12.5 Å². The highest BCUT2D eigenvalue weighted by atomic mass is 16.5. The third-order valence-corrected chi connectivity index (χ3v) is 3.70. The number of carbonyl (C=O) groups is 2. The Kier molecular flexibility index (Phi) is 4.11. The smallest absolute Gasteiger partial charge is 0.311 e. The van der Waals surface area contributed by atoms with E-state index in [1.165, 1.54) is 0 Å². The van der Waals surface area contributed by atoms with Gasteiger partial charge in [-0.25, -0.2) is 0 Å². The van der Waals surface area contributed by atoms with Crippen LogP contribution in [0.5, 0.6) is 0 Å². The van der Waals surface area contributed by atoms with Crippen molar-refractivity contribution in [3.05, 3.63) is 0 Å². The lowest BCUT2D eigenvalue weighted by Crippen LogP contribution is -2.43. The zero-order valence-corrected chi connectivity index (χ0v) is 10.7. The monoisotopic (exact) mass is 226 g/mol. The molecule has 0 radical (unpaired) electrons. The number of Topliss-reactive ketones (excluding diaryl/α,β-unsaturated/α-hetero) is 1. The molecule has 0 aromatic carbocycles. The van der Waals surface area contributed by atoms with E-state index in [9.17, 15) is 9.59 Å². The van der Waals surface area contributed by atoms with Gasteiger partial charge >= 0.3 is 5.97 Å². The fraction of sp³-hybridized carbons (Fsp3) is 0.846. The van der Waals surface area contributed by atoms with E-state index in [4.69, 9.17) is 4.74 Å². The summed E-state index contributed by atoms with van der Waals surface area (Å²) in [5.41, 5.74) is -0.443. The van der Waals surface area contributed by atoms with Crippen LogP contribution in [-0.2, 0) is 14.3 Å². The number of rotatable bonds is 5. The Hall–Kier alpha value is -0.860. The quantitative estimate of drug-likeness (QED) is 0.677. The number of hydrogen-bond donors (Lipinski definition) is 0. The average molecular weight is 226 g/mol. The fourth-order valence-electron chi connectivity index (χ4n) is 2.09. The first-order chi connectivity index (χ1) is 7.39. The molecule has 0 atom stereocenters. The topological polar surface area (TPSA) is 43.4 Å². The SMILES string of the molecule is CCCOC(=O)C(C)(C)C1CC(C(C)=O)C1. The first-order valence-electron chi connectivity index (χ1n) is 6.07. The van der Waals surface area contributed by atoms with Crippen molar-refractivity contribution < 1.29 is 14.3 Å². The molecule has 0 aromatic rings. The Morgan fingerprint density at radius 2 is 1.88 bits per heavy atom. The number of carbonyl (C=O) groups excluding carboxylic acids is 2. The van der Waals surface area contributed by atoms with E-state index in [2.05, 4.69) is 0 Å². The number of esters is 1. The molecule has 1 fully saturated rings. The van der Waals surface area contributed by atoms with Crippen molar-refractivity contribution in [2.75, 3.05) is 6.61 Å². The van der Waals surface area contributed by atoms with Crippen molar-refractivity contribution in [3.63, 3.8) is 0 Å². The molecular formula is C13H22O3. The van der Waals surface area contributed by atoms with Gasteiger partial charge in [0, 0.05) is 5.92 Å². The summed E-state index contributed by atoms with van der Waals surface area (Å²) >= 11 is 0. The van der Waals surface area contributed by atoms with E-state index < -0.39 is 5.41 Å². The van der Waals surface area contributed by atoms with E-state index in [1.54, 1.807) is 6.92 Å². The van der Waals surface area contributed by atoms with Gasteiger partial charge in [-0.15, -0.1) is 0 Å². The minimum absolute atomic E-state index is 0.124. The van der Waals surface area contributed by atoms with Crippen molar-refractivity contribution in [1.29, 1.82) is 0 Å². The Labute approximate surface area is 97.5 Å². The Morgan fingerprint density at radius 1 is 1.31 bits per heavy atom. The van der Waals surface area contributed by atoms with Gasteiger partial charge in [0.15, 0.2) is 0 Å². The second-order valence-corrected chi connectivity index (χ2v) is 5.33. The second kappa shape index (κ2) is 4.98. The summed E-state index contributed by atoms with van der Waals surface area (Å²) in [4.78, 5) is 23.0. The lowest BCUT2D eigenvalue weighted by Gasteiger charge is -2.42. The minimum atomic E-state index is -0.443. The molecule has 0 bridgehead atoms. The summed E-state index contributed by atoms with van der Waals surface area (Å²) in [6.45, 7) is 7.95. The highest BCUT2D eigenvalue weighted by molar-refractivity contribution is 5.81. The maximum absolute atomic E-state index is 11.8. The molecular weight excluding hydrogens is 204 g/mol. The van der Waals surface area contributed by atoms with Crippen LogP contribution < -0.4 is 0 Å². The lowest BCUT2D eigenvalue weighted by atomic mass is 9.61. The molecule has 3 heteroatoms. The van der Waals surface area contributed by atoms with Crippen LogP contribution >= 0.6 is 0 Å². The van der Waals surface area contributed by atoms with Gasteiger partial charge in [-0.05, 0) is 46.0 Å². The predicted octanol–water partition coefficient (Wildman–Crippen LogP) is 2.58. The summed E-state index contributed by atoms with van der Waals surface area (Å²) in [6, 6.07) is 0. The molecule has 92 valence electrons. The number of ether oxygens (including phenoxy) is 1. The van der Waals surface area contributed by atoms with Crippen LogP contribution in [0.15, 0.2) is 0 Å². The lowest BCUT2D eigenvalue weighted by molar-refractivity contribution is -0.161. The van der Waals surface area contributed by atoms with Gasteiger partial charge in [0.1, 0.15) is 5.78 Å². The maximum Gasteiger partial charge on any atom is 0.311 e. The summed E-state index contributed by atoms with van der Waals surface area (Å²) in [6.07, 6.45) is 2.52. The van der Waals surface area contributed by atoms with Crippen molar-refractivity contribution in [2.45, 2.75) is 47.0 Å². The number of hydrogen-bond acceptors (Lipinski definition) is 3. The molecule has 0 saturated heterocycles. The van der Waals surface area contributed by atoms with Crippen LogP contribution in [0, 0.1) is 17.3 Å². The third kappa shape index (κ3) is 2.63. The third-order valence-electron chi connectivity index (χ3n) is 3.70. The van der Waals surface area contributed by atoms with Gasteiger partial charge in [0.05, 0.1) is 12.0 Å². The summed E-state index contributed by atoms with van der Waals surface area (Å²) in [5, 5.41) is 0. The molecule has 3 nitrogen and oxygen atoms in total. The van der Waals surface area contributed by atoms with Gasteiger partial charge in [-0.1, -0.05) is 6.92 Å². The first-order valence-corrected chi connectivity index (χ1v) is 6.07. The highest BCUT2D eigenvalue weighted by Crippen LogP contribution is 2.46. The number of ketones is 1. The van der Waals surface area contributed by atoms with Gasteiger partial charge in [0.25, 0.3) is 0 Å². The van der Waals surface area contributed by atoms with Gasteiger partial charge in [-0.2, -0.15) is 0 Å². The fourth-order valence-corrected chi connectivity index (χ4v) is 2.09.